The molecule has 0 atom stereocenters. The van der Waals surface area contributed by atoms with Crippen molar-refractivity contribution in [1.29, 1.82) is 0 Å². The molecule has 0 radical (unpaired) electrons. The highest BCUT2D eigenvalue weighted by atomic mass is 35.5. The molecule has 1 fully saturated rings. The summed E-state index contributed by atoms with van der Waals surface area (Å²) in [6.07, 6.45) is 2.67. The minimum absolute atomic E-state index is 0.117. The molecule has 2 aromatic carbocycles. The van der Waals surface area contributed by atoms with E-state index < -0.39 is 29.9 Å². The first-order valence-corrected chi connectivity index (χ1v) is 12.7. The molecule has 4 nitrogen and oxygen atoms in total. The summed E-state index contributed by atoms with van der Waals surface area (Å²) < 4.78 is 53.4. The van der Waals surface area contributed by atoms with Crippen molar-refractivity contribution in [3.05, 3.63) is 63.4 Å². The number of carbonyl (C=O) groups excluding carboxylic acids is 2. The molecule has 0 unspecified atom stereocenters. The number of anilines is 1. The molecule has 194 valence electrons. The molecule has 36 heavy (non-hydrogen) atoms. The lowest BCUT2D eigenvalue weighted by Crippen LogP contribution is -2.36. The van der Waals surface area contributed by atoms with E-state index in [0.717, 1.165) is 29.7 Å². The Kier molecular flexibility index (Phi) is 8.23. The van der Waals surface area contributed by atoms with Crippen molar-refractivity contribution < 1.29 is 27.2 Å². The van der Waals surface area contributed by atoms with E-state index in [1.54, 1.807) is 6.07 Å². The van der Waals surface area contributed by atoms with E-state index in [0.29, 0.717) is 43.6 Å². The van der Waals surface area contributed by atoms with Crippen molar-refractivity contribution in [2.75, 3.05) is 11.9 Å². The fourth-order valence-electron chi connectivity index (χ4n) is 5.23. The number of carbonyl (C=O) groups is 2. The monoisotopic (exact) mass is 524 g/mol. The molecule has 0 bridgehead atoms. The third-order valence-corrected chi connectivity index (χ3v) is 7.51. The number of alkyl halides is 3. The van der Waals surface area contributed by atoms with Gasteiger partial charge in [0, 0.05) is 19.5 Å². The normalized spacial score (nSPS) is 16.5. The molecule has 4 rings (SSSR count). The highest BCUT2D eigenvalue weighted by molar-refractivity contribution is 6.34. The third kappa shape index (κ3) is 6.20. The van der Waals surface area contributed by atoms with Gasteiger partial charge in [-0.1, -0.05) is 61.9 Å². The molecule has 1 saturated carbocycles. The van der Waals surface area contributed by atoms with Gasteiger partial charge in [-0.2, -0.15) is 13.2 Å². The first-order chi connectivity index (χ1) is 17.1. The second kappa shape index (κ2) is 11.2. The number of amides is 2. The van der Waals surface area contributed by atoms with Crippen LogP contribution in [0.25, 0.3) is 0 Å². The number of hydrogen-bond donors (Lipinski definition) is 1. The fraction of sp³-hybridized carbons (Fsp3) is 0.481. The highest BCUT2D eigenvalue weighted by Crippen LogP contribution is 2.35. The van der Waals surface area contributed by atoms with Crippen LogP contribution in [0.4, 0.5) is 23.2 Å². The van der Waals surface area contributed by atoms with Gasteiger partial charge in [0.15, 0.2) is 0 Å². The Morgan fingerprint density at radius 3 is 2.56 bits per heavy atom. The number of nitrogens with one attached hydrogen (secondary N) is 1. The molecule has 1 heterocycles. The summed E-state index contributed by atoms with van der Waals surface area (Å²) in [7, 11) is 0. The van der Waals surface area contributed by atoms with Gasteiger partial charge in [-0.3, -0.25) is 9.59 Å². The molecule has 9 heteroatoms. The SMILES string of the molecule is O=C(Cc1cccc(C(F)(F)F)c1F)Nc1c(Cl)ccc2c1CCN(C(=O)CCC1CCCCC1)C2. The topological polar surface area (TPSA) is 49.4 Å². The predicted molar refractivity (Wildman–Crippen MR) is 130 cm³/mol. The standard InChI is InChI=1S/C27H29ClF4N2O2/c28-22-11-10-19-16-34(24(36)12-9-17-5-2-1-3-6-17)14-13-20(19)26(22)33-23(35)15-18-7-4-8-21(25(18)29)27(30,31)32/h4,7-8,10-11,17H,1-3,5-6,9,12-16H2,(H,33,35). The maximum absolute atomic E-state index is 14.4. The summed E-state index contributed by atoms with van der Waals surface area (Å²) in [6, 6.07) is 6.31. The summed E-state index contributed by atoms with van der Waals surface area (Å²) in [4.78, 5) is 27.3. The largest absolute Gasteiger partial charge is 0.419 e. The van der Waals surface area contributed by atoms with Crippen LogP contribution in [0.15, 0.2) is 30.3 Å². The van der Waals surface area contributed by atoms with Gasteiger partial charge in [0.25, 0.3) is 0 Å². The number of nitrogens with zero attached hydrogens (tertiary/aromatic N) is 1. The van der Waals surface area contributed by atoms with Gasteiger partial charge in [0.05, 0.1) is 22.7 Å². The van der Waals surface area contributed by atoms with Crippen molar-refractivity contribution >= 4 is 29.1 Å². The molecule has 1 aliphatic carbocycles. The maximum atomic E-state index is 14.4. The Bertz CT molecular complexity index is 1130. The molecule has 2 aromatic rings. The quantitative estimate of drug-likeness (QED) is 0.417. The van der Waals surface area contributed by atoms with Crippen LogP contribution in [0.5, 0.6) is 0 Å². The van der Waals surface area contributed by atoms with E-state index in [1.165, 1.54) is 32.1 Å². The minimum atomic E-state index is -4.85. The van der Waals surface area contributed by atoms with Crippen molar-refractivity contribution in [2.24, 2.45) is 5.92 Å². The van der Waals surface area contributed by atoms with Crippen LogP contribution in [0.3, 0.4) is 0 Å². The summed E-state index contributed by atoms with van der Waals surface area (Å²) >= 11 is 6.34. The van der Waals surface area contributed by atoms with Crippen LogP contribution < -0.4 is 5.32 Å². The zero-order valence-electron chi connectivity index (χ0n) is 19.9. The van der Waals surface area contributed by atoms with E-state index in [2.05, 4.69) is 5.32 Å². The summed E-state index contributed by atoms with van der Waals surface area (Å²) in [5.41, 5.74) is 0.254. The molecule has 2 aliphatic rings. The molecule has 0 spiro atoms. The Labute approximate surface area is 213 Å². The van der Waals surface area contributed by atoms with E-state index in [4.69, 9.17) is 11.6 Å². The third-order valence-electron chi connectivity index (χ3n) is 7.20. The van der Waals surface area contributed by atoms with Crippen molar-refractivity contribution in [2.45, 2.75) is 70.5 Å². The Morgan fingerprint density at radius 2 is 1.83 bits per heavy atom. The smallest absolute Gasteiger partial charge is 0.338 e. The zero-order valence-corrected chi connectivity index (χ0v) is 20.7. The maximum Gasteiger partial charge on any atom is 0.419 e. The summed E-state index contributed by atoms with van der Waals surface area (Å²) in [5, 5.41) is 2.94. The molecule has 1 aliphatic heterocycles. The fourth-order valence-corrected chi connectivity index (χ4v) is 5.45. The number of benzene rings is 2. The molecular weight excluding hydrogens is 496 g/mol. The molecule has 0 saturated heterocycles. The van der Waals surface area contributed by atoms with E-state index in [9.17, 15) is 27.2 Å². The van der Waals surface area contributed by atoms with Crippen LogP contribution in [0.1, 0.15) is 67.2 Å². The number of rotatable bonds is 6. The van der Waals surface area contributed by atoms with Crippen LogP contribution in [0, 0.1) is 11.7 Å². The van der Waals surface area contributed by atoms with Crippen LogP contribution in [-0.4, -0.2) is 23.3 Å². The summed E-state index contributed by atoms with van der Waals surface area (Å²) in [5.74, 6) is -1.38. The zero-order chi connectivity index (χ0) is 25.9. The van der Waals surface area contributed by atoms with Gasteiger partial charge in [-0.15, -0.1) is 0 Å². The number of halogens is 5. The van der Waals surface area contributed by atoms with E-state index in [-0.39, 0.29) is 16.5 Å². The average Bonchev–Trinajstić information content (AvgIpc) is 2.85. The van der Waals surface area contributed by atoms with Gasteiger partial charge >= 0.3 is 6.18 Å². The number of fused-ring (bicyclic) bond motifs is 1. The first kappa shape index (κ1) is 26.5. The highest BCUT2D eigenvalue weighted by Gasteiger charge is 2.35. The molecule has 1 N–H and O–H groups in total. The predicted octanol–water partition coefficient (Wildman–Crippen LogP) is 6.92. The number of hydrogen-bond acceptors (Lipinski definition) is 2. The summed E-state index contributed by atoms with van der Waals surface area (Å²) in [6.45, 7) is 0.892. The van der Waals surface area contributed by atoms with Crippen LogP contribution in [-0.2, 0) is 35.2 Å². The van der Waals surface area contributed by atoms with Crippen LogP contribution >= 0.6 is 11.6 Å². The van der Waals surface area contributed by atoms with E-state index in [1.807, 2.05) is 11.0 Å². The van der Waals surface area contributed by atoms with Gasteiger partial charge in [0.2, 0.25) is 11.8 Å². The Morgan fingerprint density at radius 1 is 1.08 bits per heavy atom. The Hall–Kier alpha value is -2.61. The lowest BCUT2D eigenvalue weighted by Gasteiger charge is -2.31. The van der Waals surface area contributed by atoms with Crippen molar-refractivity contribution in [3.63, 3.8) is 0 Å². The Balaban J connectivity index is 1.42. The lowest BCUT2D eigenvalue weighted by atomic mass is 9.86. The van der Waals surface area contributed by atoms with Gasteiger partial charge < -0.3 is 10.2 Å². The first-order valence-electron chi connectivity index (χ1n) is 12.4. The van der Waals surface area contributed by atoms with E-state index >= 15 is 0 Å². The van der Waals surface area contributed by atoms with Crippen LogP contribution in [0.2, 0.25) is 5.02 Å². The minimum Gasteiger partial charge on any atom is -0.338 e. The molecule has 2 amide bonds. The van der Waals surface area contributed by atoms with Gasteiger partial charge in [0.1, 0.15) is 5.82 Å². The molecular formula is C27H29ClF4N2O2. The van der Waals surface area contributed by atoms with Crippen molar-refractivity contribution in [1.82, 2.24) is 4.90 Å². The molecule has 0 aromatic heterocycles. The van der Waals surface area contributed by atoms with Gasteiger partial charge in [-0.05, 0) is 47.6 Å². The second-order valence-corrected chi connectivity index (χ2v) is 10.1. The second-order valence-electron chi connectivity index (χ2n) is 9.67. The lowest BCUT2D eigenvalue weighted by molar-refractivity contribution is -0.140. The van der Waals surface area contributed by atoms with Gasteiger partial charge in [-0.25, -0.2) is 4.39 Å². The van der Waals surface area contributed by atoms with Crippen molar-refractivity contribution in [3.8, 4) is 0 Å². The average molecular weight is 525 g/mol.